The highest BCUT2D eigenvalue weighted by atomic mass is 32.2. The smallest absolute Gasteiger partial charge is 0.227 e. The van der Waals surface area contributed by atoms with E-state index in [4.69, 9.17) is 4.98 Å². The van der Waals surface area contributed by atoms with E-state index in [-0.39, 0.29) is 4.90 Å². The van der Waals surface area contributed by atoms with E-state index in [0.717, 1.165) is 50.0 Å². The van der Waals surface area contributed by atoms with Crippen LogP contribution >= 0.6 is 11.8 Å². The highest BCUT2D eigenvalue weighted by Crippen LogP contribution is 2.33. The Morgan fingerprint density at radius 3 is 1.46 bits per heavy atom. The Morgan fingerprint density at radius 1 is 0.607 bits per heavy atom. The van der Waals surface area contributed by atoms with Crippen molar-refractivity contribution in [1.29, 1.82) is 0 Å². The van der Waals surface area contributed by atoms with E-state index in [2.05, 4.69) is 103 Å². The van der Waals surface area contributed by atoms with E-state index < -0.39 is 9.84 Å². The van der Waals surface area contributed by atoms with Crippen LogP contribution < -0.4 is 10.6 Å². The van der Waals surface area contributed by atoms with Crippen LogP contribution in [0.1, 0.15) is 39.8 Å². The third-order valence-corrected chi connectivity index (χ3v) is 11.0. The first-order valence-electron chi connectivity index (χ1n) is 18.0. The van der Waals surface area contributed by atoms with Crippen molar-refractivity contribution in [3.05, 3.63) is 122 Å². The Labute approximate surface area is 330 Å². The van der Waals surface area contributed by atoms with Gasteiger partial charge >= 0.3 is 0 Å². The molecule has 284 valence electrons. The number of fused-ring (bicyclic) bond motifs is 2. The molecule has 8 rings (SSSR count). The fraction of sp³-hybridized carbons (Fsp3) is 0.190. The number of nitrogens with one attached hydrogen (secondary N) is 2. The maximum atomic E-state index is 11.6. The summed E-state index contributed by atoms with van der Waals surface area (Å²) in [6.07, 6.45) is 18.4. The number of anilines is 4. The summed E-state index contributed by atoms with van der Waals surface area (Å²) in [6.45, 7) is 8.59. The van der Waals surface area contributed by atoms with Crippen molar-refractivity contribution in [2.45, 2.75) is 49.6 Å². The number of hydrogen-bond acceptors (Lipinski definition) is 11. The largest absolute Gasteiger partial charge is 0.343 e. The SMILES string of the molecule is CC(C)n1cc(-c2ccnc(Nc3ccc(S(C)(=O)=O)cc3)n2)c2ccncc21.CSc1ccc(Nc2nccc(-c3cn(C(C)C)c4cnccc34)n2)cc1. The molecule has 0 aliphatic heterocycles. The average Bonchev–Trinajstić information content (AvgIpc) is 3.79. The number of hydrogen-bond donors (Lipinski definition) is 2. The molecule has 0 aliphatic rings. The predicted octanol–water partition coefficient (Wildman–Crippen LogP) is 9.76. The third kappa shape index (κ3) is 8.41. The van der Waals surface area contributed by atoms with Gasteiger partial charge in [0, 0.05) is 93.7 Å². The molecule has 2 N–H and O–H groups in total. The minimum atomic E-state index is -3.23. The molecule has 0 unspecified atom stereocenters. The molecule has 0 amide bonds. The van der Waals surface area contributed by atoms with E-state index in [1.54, 1.807) is 54.6 Å². The van der Waals surface area contributed by atoms with E-state index in [9.17, 15) is 8.42 Å². The molecule has 0 aliphatic carbocycles. The monoisotopic (exact) mass is 782 g/mol. The second kappa shape index (κ2) is 16.3. The van der Waals surface area contributed by atoms with Gasteiger partial charge in [0.05, 0.1) is 39.7 Å². The lowest BCUT2D eigenvalue weighted by Crippen LogP contribution is -2.00. The van der Waals surface area contributed by atoms with E-state index >= 15 is 0 Å². The molecule has 0 bridgehead atoms. The lowest BCUT2D eigenvalue weighted by atomic mass is 10.1. The zero-order chi connectivity index (χ0) is 39.4. The first-order valence-corrected chi connectivity index (χ1v) is 21.1. The van der Waals surface area contributed by atoms with Crippen molar-refractivity contribution in [3.8, 4) is 22.5 Å². The predicted molar refractivity (Wildman–Crippen MR) is 227 cm³/mol. The van der Waals surface area contributed by atoms with Crippen LogP contribution in [0, 0.1) is 0 Å². The molecule has 56 heavy (non-hydrogen) atoms. The average molecular weight is 783 g/mol. The highest BCUT2D eigenvalue weighted by molar-refractivity contribution is 7.98. The van der Waals surface area contributed by atoms with Crippen molar-refractivity contribution in [2.75, 3.05) is 23.1 Å². The first-order chi connectivity index (χ1) is 27.0. The van der Waals surface area contributed by atoms with E-state index in [1.807, 2.05) is 55.0 Å². The number of rotatable bonds is 10. The maximum Gasteiger partial charge on any atom is 0.227 e. The molecule has 0 spiro atoms. The molecule has 2 aromatic carbocycles. The number of nitrogens with zero attached hydrogens (tertiary/aromatic N) is 8. The molecule has 6 aromatic heterocycles. The summed E-state index contributed by atoms with van der Waals surface area (Å²) >= 11 is 1.72. The fourth-order valence-electron chi connectivity index (χ4n) is 6.31. The molecular formula is C42H42N10O2S2. The van der Waals surface area contributed by atoms with Gasteiger partial charge in [-0.1, -0.05) is 0 Å². The van der Waals surface area contributed by atoms with Crippen LogP contribution in [0.25, 0.3) is 44.3 Å². The lowest BCUT2D eigenvalue weighted by Gasteiger charge is -2.08. The fourth-order valence-corrected chi connectivity index (χ4v) is 7.35. The van der Waals surface area contributed by atoms with Crippen molar-refractivity contribution in [3.63, 3.8) is 0 Å². The number of benzene rings is 2. The Morgan fingerprint density at radius 2 is 1.05 bits per heavy atom. The van der Waals surface area contributed by atoms with Crippen molar-refractivity contribution >= 4 is 66.7 Å². The van der Waals surface area contributed by atoms with Gasteiger partial charge in [-0.25, -0.2) is 28.4 Å². The molecule has 0 saturated heterocycles. The normalized spacial score (nSPS) is 11.6. The Hall–Kier alpha value is -6.12. The van der Waals surface area contributed by atoms with Gasteiger partial charge in [0.2, 0.25) is 11.9 Å². The first kappa shape index (κ1) is 38.2. The zero-order valence-corrected chi connectivity index (χ0v) is 33.5. The zero-order valence-electron chi connectivity index (χ0n) is 31.9. The molecule has 0 saturated carbocycles. The number of aromatic nitrogens is 8. The minimum Gasteiger partial charge on any atom is -0.343 e. The van der Waals surface area contributed by atoms with E-state index in [1.165, 1.54) is 11.2 Å². The second-order valence-corrected chi connectivity index (χ2v) is 16.6. The summed E-state index contributed by atoms with van der Waals surface area (Å²) in [5.41, 5.74) is 7.64. The van der Waals surface area contributed by atoms with Crippen LogP contribution in [-0.4, -0.2) is 60.0 Å². The number of pyridine rings is 2. The topological polar surface area (TPSA) is 145 Å². The maximum absolute atomic E-state index is 11.6. The van der Waals surface area contributed by atoms with E-state index in [0.29, 0.717) is 29.7 Å². The molecule has 0 fully saturated rings. The summed E-state index contributed by atoms with van der Waals surface area (Å²) in [5, 5.41) is 8.65. The summed E-state index contributed by atoms with van der Waals surface area (Å²) in [7, 11) is -3.23. The lowest BCUT2D eigenvalue weighted by molar-refractivity contribution is 0.602. The Kier molecular flexibility index (Phi) is 11.1. The van der Waals surface area contributed by atoms with Crippen LogP contribution in [0.2, 0.25) is 0 Å². The van der Waals surface area contributed by atoms with Gasteiger partial charge in [0.15, 0.2) is 9.84 Å². The Balaban J connectivity index is 0.000000172. The van der Waals surface area contributed by atoms with Crippen molar-refractivity contribution in [1.82, 2.24) is 39.0 Å². The van der Waals surface area contributed by atoms with Crippen molar-refractivity contribution < 1.29 is 8.42 Å². The van der Waals surface area contributed by atoms with Gasteiger partial charge in [0.25, 0.3) is 0 Å². The molecule has 14 heteroatoms. The molecule has 0 atom stereocenters. The number of thioether (sulfide) groups is 1. The minimum absolute atomic E-state index is 0.271. The summed E-state index contributed by atoms with van der Waals surface area (Å²) in [5.74, 6) is 1.03. The summed E-state index contributed by atoms with van der Waals surface area (Å²) in [4.78, 5) is 28.1. The van der Waals surface area contributed by atoms with Crippen LogP contribution in [0.5, 0.6) is 0 Å². The Bertz CT molecular complexity index is 2730. The summed E-state index contributed by atoms with van der Waals surface area (Å²) in [6, 6.07) is 23.3. The van der Waals surface area contributed by atoms with Gasteiger partial charge in [-0.15, -0.1) is 11.8 Å². The van der Waals surface area contributed by atoms with Gasteiger partial charge in [0.1, 0.15) is 0 Å². The summed E-state index contributed by atoms with van der Waals surface area (Å²) < 4.78 is 27.6. The molecule has 0 radical (unpaired) electrons. The molecular weight excluding hydrogens is 741 g/mol. The second-order valence-electron chi connectivity index (χ2n) is 13.7. The van der Waals surface area contributed by atoms with Gasteiger partial charge in [-0.3, -0.25) is 9.97 Å². The van der Waals surface area contributed by atoms with Crippen LogP contribution in [0.4, 0.5) is 23.3 Å². The van der Waals surface area contributed by atoms with Crippen molar-refractivity contribution in [2.24, 2.45) is 0 Å². The van der Waals surface area contributed by atoms with Crippen LogP contribution in [0.15, 0.2) is 132 Å². The van der Waals surface area contributed by atoms with Gasteiger partial charge in [-0.05, 0) is 107 Å². The molecule has 6 heterocycles. The van der Waals surface area contributed by atoms with Gasteiger partial charge in [-0.2, -0.15) is 0 Å². The van der Waals surface area contributed by atoms with Crippen LogP contribution in [0.3, 0.4) is 0 Å². The quantitative estimate of drug-likeness (QED) is 0.128. The highest BCUT2D eigenvalue weighted by Gasteiger charge is 2.16. The standard InChI is InChI=1S/C21H21N5O2S.C21H21N5S/c1-14(2)26-13-18(17-8-10-22-12-20(17)26)19-9-11-23-21(25-19)24-15-4-6-16(7-5-15)29(3,27)28;1-14(2)26-13-18(17-8-10-22-12-20(17)26)19-9-11-23-21(25-19)24-15-4-6-16(27-3)7-5-15/h4-14H,1-3H3,(H,23,24,25);4-14H,1-3H3,(H,23,24,25). The third-order valence-electron chi connectivity index (χ3n) is 9.13. The van der Waals surface area contributed by atoms with Crippen LogP contribution in [-0.2, 0) is 9.84 Å². The molecule has 8 aromatic rings. The van der Waals surface area contributed by atoms with Gasteiger partial charge < -0.3 is 19.8 Å². The molecule has 12 nitrogen and oxygen atoms in total. The number of sulfone groups is 1.